The van der Waals surface area contributed by atoms with Crippen LogP contribution in [0.25, 0.3) is 50.1 Å². The van der Waals surface area contributed by atoms with E-state index >= 15 is 0 Å². The third-order valence-electron chi connectivity index (χ3n) is 15.1. The molecule has 5 aliphatic rings. The number of benzene rings is 9. The number of para-hydroxylation sites is 1. The Bertz CT molecular complexity index is 3580. The van der Waals surface area contributed by atoms with Gasteiger partial charge in [0.05, 0.1) is 10.8 Å². The molecule has 9 aromatic carbocycles. The van der Waals surface area contributed by atoms with E-state index in [1.807, 2.05) is 6.08 Å². The van der Waals surface area contributed by atoms with Crippen molar-refractivity contribution in [3.8, 4) is 56.3 Å². The molecule has 0 fully saturated rings. The second kappa shape index (κ2) is 13.4. The molecule has 0 bridgehead atoms. The Balaban J connectivity index is 0.955. The van der Waals surface area contributed by atoms with E-state index < -0.39 is 10.8 Å². The molecule has 1 nitrogen and oxygen atoms in total. The van der Waals surface area contributed by atoms with E-state index in [2.05, 4.69) is 236 Å². The molecule has 1 heteroatoms. The van der Waals surface area contributed by atoms with E-state index in [-0.39, 0.29) is 0 Å². The molecule has 0 heterocycles. The van der Waals surface area contributed by atoms with Gasteiger partial charge in [-0.15, -0.1) is 0 Å². The van der Waals surface area contributed by atoms with Crippen LogP contribution in [0, 0.1) is 18.8 Å². The van der Waals surface area contributed by atoms with Gasteiger partial charge in [0.1, 0.15) is 0 Å². The molecule has 1 unspecified atom stereocenters. The van der Waals surface area contributed by atoms with Crippen LogP contribution in [0.15, 0.2) is 224 Å². The molecule has 0 saturated carbocycles. The van der Waals surface area contributed by atoms with Crippen LogP contribution in [0.2, 0.25) is 0 Å². The van der Waals surface area contributed by atoms with Gasteiger partial charge in [-0.3, -0.25) is 0 Å². The van der Waals surface area contributed by atoms with E-state index in [0.717, 1.165) is 17.1 Å². The van der Waals surface area contributed by atoms with Crippen LogP contribution >= 0.6 is 0 Å². The molecule has 302 valence electrons. The smallest absolute Gasteiger partial charge is 0.0726 e. The molecule has 0 N–H and O–H groups in total. The first kappa shape index (κ1) is 36.3. The first-order chi connectivity index (χ1) is 32.2. The van der Waals surface area contributed by atoms with Gasteiger partial charge in [0.2, 0.25) is 0 Å². The minimum Gasteiger partial charge on any atom is -0.310 e. The van der Waals surface area contributed by atoms with Crippen molar-refractivity contribution in [3.05, 3.63) is 274 Å². The Labute approximate surface area is 380 Å². The fraction of sp³-hybridized carbons (Fsp3) is 0.0625. The van der Waals surface area contributed by atoms with Gasteiger partial charge in [0, 0.05) is 23.5 Å². The Hall–Kier alpha value is -8.18. The SMILES string of the molecule is Cc1ccc2c(c1)C1(C3=C2C=CC#CC3)c2ccccc2-c2cccc(-c3ccc(N(c4ccccc4)c4ccc5c(c4)C4(c6ccccc6-c6ccccc64)c4ccccc4-5)cc3)c21. The Morgan fingerprint density at radius 1 is 0.400 bits per heavy atom. The molecule has 0 saturated heterocycles. The molecule has 14 rings (SSSR count). The number of aryl methyl sites for hydroxylation is 1. The summed E-state index contributed by atoms with van der Waals surface area (Å²) in [6.07, 6.45) is 5.02. The lowest BCUT2D eigenvalue weighted by molar-refractivity contribution is 0.751. The van der Waals surface area contributed by atoms with Crippen LogP contribution in [-0.4, -0.2) is 0 Å². The average molecular weight is 824 g/mol. The van der Waals surface area contributed by atoms with Gasteiger partial charge < -0.3 is 4.90 Å². The number of rotatable bonds is 4. The van der Waals surface area contributed by atoms with Crippen molar-refractivity contribution in [1.29, 1.82) is 0 Å². The van der Waals surface area contributed by atoms with Crippen LogP contribution in [0.5, 0.6) is 0 Å². The monoisotopic (exact) mass is 823 g/mol. The number of hydrogen-bond donors (Lipinski definition) is 0. The van der Waals surface area contributed by atoms with Crippen LogP contribution < -0.4 is 4.90 Å². The fourth-order valence-electron chi connectivity index (χ4n) is 12.7. The van der Waals surface area contributed by atoms with Crippen LogP contribution in [0.4, 0.5) is 17.1 Å². The topological polar surface area (TPSA) is 3.24 Å². The molecule has 2 spiro atoms. The van der Waals surface area contributed by atoms with Gasteiger partial charge in [-0.25, -0.2) is 0 Å². The number of allylic oxidation sites excluding steroid dienone is 4. The second-order valence-electron chi connectivity index (χ2n) is 18.1. The summed E-state index contributed by atoms with van der Waals surface area (Å²) in [7, 11) is 0. The standard InChI is InChI=1S/C64H41N/c1-41-31-37-52-50-19-6-3-7-26-58(50)64(60(52)39-41)59-30-15-11-23-51(59)54-25-16-24-46(62(54)64)42-32-34-44(35-33-42)65(43-17-4-2-5-18-43)45-36-38-53-49-22-10-14-29-57(49)63(61(53)40-45)55-27-12-8-20-47(55)48-21-9-13-28-56(48)63/h2,4-6,8-25,27-40H,26H2,1H3. The molecule has 1 atom stereocenters. The Kier molecular flexibility index (Phi) is 7.50. The maximum atomic E-state index is 3.54. The summed E-state index contributed by atoms with van der Waals surface area (Å²) in [6.45, 7) is 2.23. The van der Waals surface area contributed by atoms with Crippen LogP contribution in [0.1, 0.15) is 56.5 Å². The first-order valence-corrected chi connectivity index (χ1v) is 22.8. The second-order valence-corrected chi connectivity index (χ2v) is 18.1. The van der Waals surface area contributed by atoms with Crippen LogP contribution in [0.3, 0.4) is 0 Å². The van der Waals surface area contributed by atoms with Gasteiger partial charge in [-0.1, -0.05) is 187 Å². The third-order valence-corrected chi connectivity index (χ3v) is 15.1. The molecular weight excluding hydrogens is 783 g/mol. The minimum atomic E-state index is -0.452. The Morgan fingerprint density at radius 2 is 0.908 bits per heavy atom. The number of fused-ring (bicyclic) bond motifs is 19. The van der Waals surface area contributed by atoms with Crippen molar-refractivity contribution < 1.29 is 0 Å². The van der Waals surface area contributed by atoms with Crippen LogP contribution in [-0.2, 0) is 10.8 Å². The molecule has 0 aromatic heterocycles. The summed E-state index contributed by atoms with van der Waals surface area (Å²) >= 11 is 0. The third kappa shape index (κ3) is 4.68. The predicted molar refractivity (Wildman–Crippen MR) is 268 cm³/mol. The van der Waals surface area contributed by atoms with Crippen molar-refractivity contribution in [3.63, 3.8) is 0 Å². The molecule has 0 radical (unpaired) electrons. The molecule has 9 aromatic rings. The lowest BCUT2D eigenvalue weighted by atomic mass is 9.67. The Morgan fingerprint density at radius 3 is 1.58 bits per heavy atom. The quantitative estimate of drug-likeness (QED) is 0.160. The molecular formula is C64H41N. The van der Waals surface area contributed by atoms with Crippen molar-refractivity contribution in [2.24, 2.45) is 0 Å². The van der Waals surface area contributed by atoms with E-state index in [0.29, 0.717) is 6.42 Å². The maximum absolute atomic E-state index is 3.54. The number of anilines is 3. The number of nitrogens with zero attached hydrogens (tertiary/aromatic N) is 1. The molecule has 0 amide bonds. The van der Waals surface area contributed by atoms with Gasteiger partial charge in [-0.2, -0.15) is 0 Å². The summed E-state index contributed by atoms with van der Waals surface area (Å²) in [6, 6.07) is 77.6. The van der Waals surface area contributed by atoms with Crippen molar-refractivity contribution in [2.45, 2.75) is 24.2 Å². The van der Waals surface area contributed by atoms with Crippen molar-refractivity contribution in [1.82, 2.24) is 0 Å². The highest BCUT2D eigenvalue weighted by molar-refractivity contribution is 6.01. The largest absolute Gasteiger partial charge is 0.310 e. The fourth-order valence-corrected chi connectivity index (χ4v) is 12.7. The highest BCUT2D eigenvalue weighted by Crippen LogP contribution is 2.66. The van der Waals surface area contributed by atoms with E-state index in [1.165, 1.54) is 106 Å². The zero-order valence-corrected chi connectivity index (χ0v) is 35.9. The molecule has 5 aliphatic carbocycles. The summed E-state index contributed by atoms with van der Waals surface area (Å²) in [5.74, 6) is 6.86. The van der Waals surface area contributed by atoms with Gasteiger partial charge in [-0.05, 0) is 156 Å². The van der Waals surface area contributed by atoms with E-state index in [9.17, 15) is 0 Å². The normalized spacial score (nSPS) is 16.7. The number of hydrogen-bond acceptors (Lipinski definition) is 1. The van der Waals surface area contributed by atoms with Crippen molar-refractivity contribution >= 4 is 22.6 Å². The summed E-state index contributed by atoms with van der Waals surface area (Å²) in [5.41, 5.74) is 27.5. The first-order valence-electron chi connectivity index (χ1n) is 22.8. The van der Waals surface area contributed by atoms with Gasteiger partial charge >= 0.3 is 0 Å². The average Bonchev–Trinajstić information content (AvgIpc) is 3.95. The highest BCUT2D eigenvalue weighted by atomic mass is 15.1. The van der Waals surface area contributed by atoms with E-state index in [1.54, 1.807) is 0 Å². The minimum absolute atomic E-state index is 0.423. The van der Waals surface area contributed by atoms with Gasteiger partial charge in [0.25, 0.3) is 0 Å². The summed E-state index contributed by atoms with van der Waals surface area (Å²) in [4.78, 5) is 2.43. The van der Waals surface area contributed by atoms with E-state index in [4.69, 9.17) is 0 Å². The summed E-state index contributed by atoms with van der Waals surface area (Å²) in [5, 5.41) is 0. The highest BCUT2D eigenvalue weighted by Gasteiger charge is 2.54. The lowest BCUT2D eigenvalue weighted by Crippen LogP contribution is -2.28. The van der Waals surface area contributed by atoms with Crippen molar-refractivity contribution in [2.75, 3.05) is 4.90 Å². The lowest BCUT2D eigenvalue weighted by Gasteiger charge is -2.34. The molecule has 0 aliphatic heterocycles. The van der Waals surface area contributed by atoms with Gasteiger partial charge in [0.15, 0.2) is 0 Å². The zero-order chi connectivity index (χ0) is 42.9. The molecule has 65 heavy (non-hydrogen) atoms. The summed E-state index contributed by atoms with van der Waals surface area (Å²) < 4.78 is 0. The zero-order valence-electron chi connectivity index (χ0n) is 35.9. The predicted octanol–water partition coefficient (Wildman–Crippen LogP) is 15.5. The maximum Gasteiger partial charge on any atom is 0.0726 e.